The fourth-order valence-electron chi connectivity index (χ4n) is 0.449. The summed E-state index contributed by atoms with van der Waals surface area (Å²) in [5.74, 6) is -0.328. The Labute approximate surface area is 54.4 Å². The molecule has 0 aromatic rings. The zero-order valence-corrected chi connectivity index (χ0v) is 5.55. The molecule has 0 aromatic carbocycles. The Hall–Kier alpha value is -1.04. The predicted molar refractivity (Wildman–Crippen MR) is 32.7 cm³/mol. The number of hydrogen-bond donors (Lipinski definition) is 0. The summed E-state index contributed by atoms with van der Waals surface area (Å²) in [4.78, 5) is 13.3. The molecule has 50 valence electrons. The fraction of sp³-hybridized carbons (Fsp3) is 0.667. The Balaban J connectivity index is 3.40. The summed E-state index contributed by atoms with van der Waals surface area (Å²) in [6, 6.07) is 0. The molecular weight excluding hydrogens is 118 g/mol. The van der Waals surface area contributed by atoms with Crippen molar-refractivity contribution in [3.05, 3.63) is 11.4 Å². The lowest BCUT2D eigenvalue weighted by atomic mass is 10.4. The number of hydrogen-bond acceptors (Lipinski definition) is 2. The maximum absolute atomic E-state index is 10.2. The van der Waals surface area contributed by atoms with Crippen molar-refractivity contribution in [3.63, 3.8) is 0 Å². The van der Waals surface area contributed by atoms with E-state index in [1.807, 2.05) is 0 Å². The topological polar surface area (TPSA) is 30.7 Å². The maximum Gasteiger partial charge on any atom is 0.303 e. The summed E-state index contributed by atoms with van der Waals surface area (Å²) in [5.41, 5.74) is 0. The van der Waals surface area contributed by atoms with E-state index in [2.05, 4.69) is 9.58 Å². The first kappa shape index (κ1) is 7.96. The molecule has 0 rings (SSSR count). The minimum Gasteiger partial charge on any atom is -0.455 e. The van der Waals surface area contributed by atoms with Crippen molar-refractivity contribution in [2.45, 2.75) is 20.0 Å². The monoisotopic (exact) mass is 127 g/mol. The molecule has 0 aliphatic carbocycles. The normalized spacial score (nSPS) is 11.7. The first-order valence-electron chi connectivity index (χ1n) is 2.67. The highest BCUT2D eigenvalue weighted by atomic mass is 16.5. The van der Waals surface area contributed by atoms with Gasteiger partial charge in [-0.1, -0.05) is 0 Å². The van der Waals surface area contributed by atoms with Gasteiger partial charge in [-0.2, -0.15) is 0 Å². The van der Waals surface area contributed by atoms with Crippen LogP contribution in [0.5, 0.6) is 0 Å². The Morgan fingerprint density at radius 1 is 1.89 bits per heavy atom. The summed E-state index contributed by atoms with van der Waals surface area (Å²) in [6.07, 6.45) is -0.264. The second kappa shape index (κ2) is 3.90. The van der Waals surface area contributed by atoms with Crippen LogP contribution >= 0.6 is 0 Å². The Morgan fingerprint density at radius 2 is 2.44 bits per heavy atom. The highest BCUT2D eigenvalue weighted by Gasteiger charge is 2.05. The SMILES string of the molecule is [C-]#[N+]CC(C)OC(C)=O. The standard InChI is InChI=1S/C6H9NO2/c1-5(4-7-3)9-6(2)8/h5H,4H2,1-2H3. The van der Waals surface area contributed by atoms with Gasteiger partial charge in [0.2, 0.25) is 0 Å². The number of esters is 1. The number of nitrogens with zero attached hydrogens (tertiary/aromatic N) is 1. The first-order chi connectivity index (χ1) is 4.16. The molecule has 0 aliphatic heterocycles. The van der Waals surface area contributed by atoms with Crippen LogP contribution in [0, 0.1) is 6.57 Å². The minimum atomic E-state index is -0.328. The zero-order valence-electron chi connectivity index (χ0n) is 5.55. The van der Waals surface area contributed by atoms with Crippen LogP contribution in [0.3, 0.4) is 0 Å². The van der Waals surface area contributed by atoms with Crippen molar-refractivity contribution in [1.82, 2.24) is 0 Å². The molecule has 0 bridgehead atoms. The maximum atomic E-state index is 10.2. The molecular formula is C6H9NO2. The van der Waals surface area contributed by atoms with E-state index in [1.54, 1.807) is 6.92 Å². The van der Waals surface area contributed by atoms with Gasteiger partial charge in [0.25, 0.3) is 6.54 Å². The second-order valence-electron chi connectivity index (χ2n) is 1.76. The van der Waals surface area contributed by atoms with Gasteiger partial charge in [-0.15, -0.1) is 0 Å². The molecule has 0 saturated heterocycles. The van der Waals surface area contributed by atoms with Crippen molar-refractivity contribution in [2.24, 2.45) is 0 Å². The predicted octanol–water partition coefficient (Wildman–Crippen LogP) is 0.857. The number of carbonyl (C=O) groups excluding carboxylic acids is 1. The molecule has 0 spiro atoms. The lowest BCUT2D eigenvalue weighted by Gasteiger charge is -2.02. The van der Waals surface area contributed by atoms with E-state index in [1.165, 1.54) is 6.92 Å². The molecule has 0 aliphatic rings. The van der Waals surface area contributed by atoms with Crippen LogP contribution in [0.2, 0.25) is 0 Å². The van der Waals surface area contributed by atoms with Gasteiger partial charge in [-0.25, -0.2) is 6.57 Å². The summed E-state index contributed by atoms with van der Waals surface area (Å²) >= 11 is 0. The Kier molecular flexibility index (Phi) is 3.45. The largest absolute Gasteiger partial charge is 0.455 e. The summed E-state index contributed by atoms with van der Waals surface area (Å²) in [6.45, 7) is 9.69. The van der Waals surface area contributed by atoms with E-state index in [-0.39, 0.29) is 18.6 Å². The van der Waals surface area contributed by atoms with Crippen LogP contribution in [0.25, 0.3) is 4.85 Å². The van der Waals surface area contributed by atoms with Crippen molar-refractivity contribution < 1.29 is 9.53 Å². The van der Waals surface area contributed by atoms with Gasteiger partial charge < -0.3 is 9.58 Å². The Bertz CT molecular complexity index is 136. The summed E-state index contributed by atoms with van der Waals surface area (Å²) in [5, 5.41) is 0. The van der Waals surface area contributed by atoms with E-state index in [9.17, 15) is 4.79 Å². The van der Waals surface area contributed by atoms with Gasteiger partial charge in [0.05, 0.1) is 0 Å². The smallest absolute Gasteiger partial charge is 0.303 e. The van der Waals surface area contributed by atoms with Crippen LogP contribution < -0.4 is 0 Å². The number of ether oxygens (including phenoxy) is 1. The quantitative estimate of drug-likeness (QED) is 0.407. The van der Waals surface area contributed by atoms with E-state index in [0.29, 0.717) is 0 Å². The van der Waals surface area contributed by atoms with E-state index in [4.69, 9.17) is 6.57 Å². The van der Waals surface area contributed by atoms with Crippen molar-refractivity contribution >= 4 is 5.97 Å². The Morgan fingerprint density at radius 3 is 2.78 bits per heavy atom. The third-order valence-corrected chi connectivity index (χ3v) is 0.716. The molecule has 1 unspecified atom stereocenters. The second-order valence-corrected chi connectivity index (χ2v) is 1.76. The van der Waals surface area contributed by atoms with Crippen molar-refractivity contribution in [3.8, 4) is 0 Å². The lowest BCUT2D eigenvalue weighted by molar-refractivity contribution is -0.144. The lowest BCUT2D eigenvalue weighted by Crippen LogP contribution is -2.14. The average Bonchev–Trinajstić information content (AvgIpc) is 1.63. The van der Waals surface area contributed by atoms with Gasteiger partial charge in [0.1, 0.15) is 0 Å². The number of rotatable bonds is 2. The van der Waals surface area contributed by atoms with Gasteiger partial charge in [0.15, 0.2) is 6.10 Å². The van der Waals surface area contributed by atoms with Gasteiger partial charge in [-0.05, 0) is 6.92 Å². The molecule has 0 amide bonds. The summed E-state index contributed by atoms with van der Waals surface area (Å²) < 4.78 is 4.64. The van der Waals surface area contributed by atoms with E-state index < -0.39 is 0 Å². The third-order valence-electron chi connectivity index (χ3n) is 0.716. The van der Waals surface area contributed by atoms with Crippen LogP contribution in [0.4, 0.5) is 0 Å². The van der Waals surface area contributed by atoms with Gasteiger partial charge >= 0.3 is 5.97 Å². The van der Waals surface area contributed by atoms with Gasteiger partial charge in [-0.3, -0.25) is 4.79 Å². The molecule has 0 heterocycles. The van der Waals surface area contributed by atoms with Crippen LogP contribution in [0.15, 0.2) is 0 Å². The molecule has 0 radical (unpaired) electrons. The summed E-state index contributed by atoms with van der Waals surface area (Å²) in [7, 11) is 0. The van der Waals surface area contributed by atoms with Crippen LogP contribution in [0.1, 0.15) is 13.8 Å². The fourth-order valence-corrected chi connectivity index (χ4v) is 0.449. The van der Waals surface area contributed by atoms with E-state index >= 15 is 0 Å². The average molecular weight is 127 g/mol. The molecule has 3 nitrogen and oxygen atoms in total. The molecule has 0 aromatic heterocycles. The van der Waals surface area contributed by atoms with E-state index in [0.717, 1.165) is 0 Å². The highest BCUT2D eigenvalue weighted by molar-refractivity contribution is 5.66. The molecule has 3 heteroatoms. The van der Waals surface area contributed by atoms with Crippen molar-refractivity contribution in [1.29, 1.82) is 0 Å². The first-order valence-corrected chi connectivity index (χ1v) is 2.67. The van der Waals surface area contributed by atoms with Crippen LogP contribution in [-0.2, 0) is 9.53 Å². The molecule has 1 atom stereocenters. The highest BCUT2D eigenvalue weighted by Crippen LogP contribution is 1.90. The molecule has 0 N–H and O–H groups in total. The van der Waals surface area contributed by atoms with Crippen molar-refractivity contribution in [2.75, 3.05) is 6.54 Å². The molecule has 9 heavy (non-hydrogen) atoms. The molecule has 0 fully saturated rings. The van der Waals surface area contributed by atoms with Gasteiger partial charge in [0, 0.05) is 6.92 Å². The van der Waals surface area contributed by atoms with Crippen LogP contribution in [-0.4, -0.2) is 18.6 Å². The minimum absolute atomic E-state index is 0.250. The number of carbonyl (C=O) groups is 1. The molecule has 0 saturated carbocycles. The zero-order chi connectivity index (χ0) is 7.28. The third kappa shape index (κ3) is 4.82.